The van der Waals surface area contributed by atoms with Crippen LogP contribution in [0.1, 0.15) is 40.0 Å². The molecule has 0 aliphatic carbocycles. The van der Waals surface area contributed by atoms with Gasteiger partial charge in [-0.1, -0.05) is 24.3 Å². The maximum Gasteiger partial charge on any atom is 0.253 e. The van der Waals surface area contributed by atoms with Crippen LogP contribution in [-0.4, -0.2) is 140 Å². The molecule has 2 heterocycles. The van der Waals surface area contributed by atoms with Gasteiger partial charge in [0.2, 0.25) is 11.5 Å². The number of hydrogen-bond acceptors (Lipinski definition) is 10. The molecule has 2 saturated heterocycles. The molecule has 0 unspecified atom stereocenters. The van der Waals surface area contributed by atoms with Crippen molar-refractivity contribution >= 4 is 36.6 Å². The van der Waals surface area contributed by atoms with Crippen LogP contribution in [0.4, 0.5) is 0 Å². The quantitative estimate of drug-likeness (QED) is 0.129. The van der Waals surface area contributed by atoms with Crippen LogP contribution in [0.2, 0.25) is 0 Å². The summed E-state index contributed by atoms with van der Waals surface area (Å²) in [5, 5.41) is 0. The van der Waals surface area contributed by atoms with Gasteiger partial charge in [-0.15, -0.1) is 24.8 Å². The van der Waals surface area contributed by atoms with Crippen LogP contribution < -0.4 is 28.4 Å². The van der Waals surface area contributed by atoms with E-state index in [1.807, 2.05) is 82.6 Å². The molecule has 2 amide bonds. The van der Waals surface area contributed by atoms with Gasteiger partial charge >= 0.3 is 0 Å². The van der Waals surface area contributed by atoms with Crippen LogP contribution in [0.15, 0.2) is 72.8 Å². The van der Waals surface area contributed by atoms with Crippen LogP contribution in [0.3, 0.4) is 0 Å². The van der Waals surface area contributed by atoms with Crippen molar-refractivity contribution in [2.45, 2.75) is 19.3 Å². The van der Waals surface area contributed by atoms with Crippen molar-refractivity contribution < 1.29 is 38.0 Å². The zero-order valence-corrected chi connectivity index (χ0v) is 36.6. The molecule has 2 fully saturated rings. The molecular weight excluding hydrogens is 795 g/mol. The molecule has 0 N–H and O–H groups in total. The van der Waals surface area contributed by atoms with E-state index >= 15 is 0 Å². The third-order valence-electron chi connectivity index (χ3n) is 11.0. The predicted molar refractivity (Wildman–Crippen MR) is 236 cm³/mol. The Morgan fingerprint density at radius 1 is 0.441 bits per heavy atom. The van der Waals surface area contributed by atoms with Crippen molar-refractivity contribution in [1.82, 2.24) is 19.6 Å². The van der Waals surface area contributed by atoms with Crippen LogP contribution >= 0.6 is 24.8 Å². The fourth-order valence-corrected chi connectivity index (χ4v) is 7.78. The van der Waals surface area contributed by atoms with E-state index in [4.69, 9.17) is 28.4 Å². The Morgan fingerprint density at radius 2 is 0.780 bits per heavy atom. The smallest absolute Gasteiger partial charge is 0.253 e. The number of carbonyl (C=O) groups excluding carboxylic acids is 2. The Hall–Kier alpha value is -4.88. The molecule has 4 aromatic rings. The number of benzene rings is 4. The summed E-state index contributed by atoms with van der Waals surface area (Å²) in [6.07, 6.45) is 2.94. The standard InChI is InChI=1S/C45H56N4O8.2ClH/c1-52-38-28-36(29-39(53-2)42(38)56-5)32-10-14-34(15-11-32)44(50)48-22-8-20-46(24-26-48)18-7-19-47-21-9-23-49(27-25-47)45(51)35-16-12-33(13-17-35)37-30-40(54-3)43(57-6)41(31-37)55-4;;/h10-17,28-31H,7-9,18-27H2,1-6H3;2*1H. The highest BCUT2D eigenvalue weighted by molar-refractivity contribution is 5.95. The van der Waals surface area contributed by atoms with Gasteiger partial charge in [-0.25, -0.2) is 0 Å². The first-order chi connectivity index (χ1) is 27.8. The van der Waals surface area contributed by atoms with Gasteiger partial charge in [0, 0.05) is 50.4 Å². The largest absolute Gasteiger partial charge is 0.493 e. The average molecular weight is 854 g/mol. The number of ether oxygens (including phenoxy) is 6. The molecule has 6 rings (SSSR count). The number of carbonyl (C=O) groups is 2. The first-order valence-corrected chi connectivity index (χ1v) is 19.6. The molecule has 14 heteroatoms. The lowest BCUT2D eigenvalue weighted by atomic mass is 10.0. The number of methoxy groups -OCH3 is 6. The second kappa shape index (κ2) is 22.5. The van der Waals surface area contributed by atoms with Crippen LogP contribution in [0, 0.1) is 0 Å². The van der Waals surface area contributed by atoms with Gasteiger partial charge in [0.1, 0.15) is 0 Å². The highest BCUT2D eigenvalue weighted by Gasteiger charge is 2.23. The first kappa shape index (κ1) is 46.8. The number of amides is 2. The Bertz CT molecular complexity index is 1790. The highest BCUT2D eigenvalue weighted by Crippen LogP contribution is 2.42. The van der Waals surface area contributed by atoms with Gasteiger partial charge in [0.05, 0.1) is 42.7 Å². The van der Waals surface area contributed by atoms with E-state index < -0.39 is 0 Å². The van der Waals surface area contributed by atoms with Crippen molar-refractivity contribution in [2.24, 2.45) is 0 Å². The molecule has 0 aromatic heterocycles. The van der Waals surface area contributed by atoms with Crippen molar-refractivity contribution in [3.05, 3.63) is 83.9 Å². The Balaban J connectivity index is 0.00000384. The number of halogens is 2. The number of rotatable bonds is 14. The second-order valence-electron chi connectivity index (χ2n) is 14.3. The lowest BCUT2D eigenvalue weighted by Crippen LogP contribution is -2.37. The lowest BCUT2D eigenvalue weighted by Gasteiger charge is -2.25. The van der Waals surface area contributed by atoms with E-state index in [0.717, 1.165) is 93.9 Å². The molecule has 0 spiro atoms. The van der Waals surface area contributed by atoms with Crippen LogP contribution in [-0.2, 0) is 0 Å². The maximum absolute atomic E-state index is 13.6. The molecule has 12 nitrogen and oxygen atoms in total. The minimum absolute atomic E-state index is 0. The molecular formula is C45H58Cl2N4O8. The summed E-state index contributed by atoms with van der Waals surface area (Å²) in [7, 11) is 9.57. The van der Waals surface area contributed by atoms with Crippen molar-refractivity contribution in [1.29, 1.82) is 0 Å². The minimum atomic E-state index is 0. The number of hydrogen-bond donors (Lipinski definition) is 0. The third kappa shape index (κ3) is 11.2. The van der Waals surface area contributed by atoms with Crippen LogP contribution in [0.25, 0.3) is 22.3 Å². The molecule has 4 aromatic carbocycles. The fourth-order valence-electron chi connectivity index (χ4n) is 7.78. The van der Waals surface area contributed by atoms with E-state index in [9.17, 15) is 9.59 Å². The highest BCUT2D eigenvalue weighted by atomic mass is 35.5. The predicted octanol–water partition coefficient (Wildman–Crippen LogP) is 7.30. The molecule has 59 heavy (non-hydrogen) atoms. The normalized spacial score (nSPS) is 14.8. The Labute approximate surface area is 361 Å². The van der Waals surface area contributed by atoms with Gasteiger partial charge in [0.15, 0.2) is 23.0 Å². The minimum Gasteiger partial charge on any atom is -0.493 e. The van der Waals surface area contributed by atoms with Gasteiger partial charge in [-0.05, 0) is 116 Å². The van der Waals surface area contributed by atoms with E-state index in [0.29, 0.717) is 58.7 Å². The monoisotopic (exact) mass is 852 g/mol. The maximum atomic E-state index is 13.6. The third-order valence-corrected chi connectivity index (χ3v) is 11.0. The molecule has 2 aliphatic heterocycles. The van der Waals surface area contributed by atoms with Crippen molar-refractivity contribution in [3.63, 3.8) is 0 Å². The molecule has 0 bridgehead atoms. The molecule has 0 radical (unpaired) electrons. The lowest BCUT2D eigenvalue weighted by molar-refractivity contribution is 0.0755. The Kier molecular flexibility index (Phi) is 17.8. The van der Waals surface area contributed by atoms with E-state index in [1.165, 1.54) is 0 Å². The number of nitrogens with zero attached hydrogens (tertiary/aromatic N) is 4. The summed E-state index contributed by atoms with van der Waals surface area (Å²) >= 11 is 0. The zero-order chi connectivity index (χ0) is 40.3. The Morgan fingerprint density at radius 3 is 1.08 bits per heavy atom. The van der Waals surface area contributed by atoms with E-state index in [1.54, 1.807) is 42.7 Å². The van der Waals surface area contributed by atoms with Gasteiger partial charge < -0.3 is 48.0 Å². The summed E-state index contributed by atoms with van der Waals surface area (Å²) < 4.78 is 33.0. The second-order valence-corrected chi connectivity index (χ2v) is 14.3. The van der Waals surface area contributed by atoms with Crippen molar-refractivity contribution in [3.8, 4) is 56.8 Å². The van der Waals surface area contributed by atoms with E-state index in [2.05, 4.69) is 9.80 Å². The summed E-state index contributed by atoms with van der Waals surface area (Å²) in [6.45, 7) is 8.54. The van der Waals surface area contributed by atoms with E-state index in [-0.39, 0.29) is 36.6 Å². The van der Waals surface area contributed by atoms with Crippen molar-refractivity contribution in [2.75, 3.05) is 108 Å². The molecule has 320 valence electrons. The summed E-state index contributed by atoms with van der Waals surface area (Å²) in [4.78, 5) is 36.0. The van der Waals surface area contributed by atoms with Crippen LogP contribution in [0.5, 0.6) is 34.5 Å². The van der Waals surface area contributed by atoms with Gasteiger partial charge in [-0.3, -0.25) is 9.59 Å². The average Bonchev–Trinajstić information content (AvgIpc) is 3.66. The fraction of sp³-hybridized carbons (Fsp3) is 0.422. The topological polar surface area (TPSA) is 102 Å². The summed E-state index contributed by atoms with van der Waals surface area (Å²) in [5.41, 5.74) is 5.10. The summed E-state index contributed by atoms with van der Waals surface area (Å²) in [6, 6.07) is 23.1. The molecule has 0 atom stereocenters. The first-order valence-electron chi connectivity index (χ1n) is 19.6. The van der Waals surface area contributed by atoms with Gasteiger partial charge in [0.25, 0.3) is 11.8 Å². The van der Waals surface area contributed by atoms with Gasteiger partial charge in [-0.2, -0.15) is 0 Å². The zero-order valence-electron chi connectivity index (χ0n) is 35.0. The molecule has 0 saturated carbocycles. The summed E-state index contributed by atoms with van der Waals surface area (Å²) in [5.74, 6) is 3.55. The SMILES string of the molecule is COc1cc(-c2ccc(C(=O)N3CCCN(CCCN4CCCN(C(=O)c5ccc(-c6cc(OC)c(OC)c(OC)c6)cc5)CC4)CC3)cc2)cc(OC)c1OC.Cl.Cl. The molecule has 2 aliphatic rings.